The maximum absolute atomic E-state index is 12.2. The summed E-state index contributed by atoms with van der Waals surface area (Å²) < 4.78 is 30.0. The number of nitrogens with zero attached hydrogens (tertiary/aromatic N) is 1. The van der Waals surface area contributed by atoms with Crippen molar-refractivity contribution in [2.75, 3.05) is 33.0 Å². The van der Waals surface area contributed by atoms with Crippen LogP contribution < -0.4 is 5.73 Å². The number of nitrogens with two attached hydrogens (primary N) is 1. The molecule has 118 valence electrons. The monoisotopic (exact) mass is 304 g/mol. The average molecular weight is 304 g/mol. The molecular formula is C14H28N2O3S. The quantitative estimate of drug-likeness (QED) is 0.831. The Morgan fingerprint density at radius 1 is 1.35 bits per heavy atom. The van der Waals surface area contributed by atoms with Gasteiger partial charge in [0, 0.05) is 32.0 Å². The maximum atomic E-state index is 12.2. The van der Waals surface area contributed by atoms with Gasteiger partial charge in [0.15, 0.2) is 9.84 Å². The van der Waals surface area contributed by atoms with E-state index >= 15 is 0 Å². The fraction of sp³-hybridized carbons (Fsp3) is 1.00. The van der Waals surface area contributed by atoms with Crippen molar-refractivity contribution in [3.63, 3.8) is 0 Å². The van der Waals surface area contributed by atoms with Gasteiger partial charge in [0.1, 0.15) is 0 Å². The van der Waals surface area contributed by atoms with Gasteiger partial charge in [0.05, 0.1) is 10.9 Å². The van der Waals surface area contributed by atoms with Crippen LogP contribution in [0.3, 0.4) is 0 Å². The number of ether oxygens (including phenoxy) is 1. The molecule has 0 aromatic rings. The van der Waals surface area contributed by atoms with Crippen LogP contribution in [-0.4, -0.2) is 62.7 Å². The molecule has 0 amide bonds. The van der Waals surface area contributed by atoms with Gasteiger partial charge in [-0.25, -0.2) is 8.42 Å². The van der Waals surface area contributed by atoms with Crippen molar-refractivity contribution in [2.24, 2.45) is 5.73 Å². The van der Waals surface area contributed by atoms with Gasteiger partial charge in [0.2, 0.25) is 0 Å². The van der Waals surface area contributed by atoms with Crippen LogP contribution in [0.1, 0.15) is 39.0 Å². The van der Waals surface area contributed by atoms with Crippen LogP contribution in [0.25, 0.3) is 0 Å². The molecule has 1 saturated heterocycles. The molecule has 0 spiro atoms. The van der Waals surface area contributed by atoms with E-state index in [9.17, 15) is 8.42 Å². The molecule has 1 heterocycles. The van der Waals surface area contributed by atoms with Gasteiger partial charge in [-0.3, -0.25) is 4.90 Å². The summed E-state index contributed by atoms with van der Waals surface area (Å²) in [6.45, 7) is 4.20. The van der Waals surface area contributed by atoms with E-state index in [1.165, 1.54) is 6.26 Å². The van der Waals surface area contributed by atoms with Crippen molar-refractivity contribution >= 4 is 9.84 Å². The molecule has 6 heteroatoms. The topological polar surface area (TPSA) is 72.6 Å². The summed E-state index contributed by atoms with van der Waals surface area (Å²) in [5.41, 5.74) is 5.49. The molecule has 0 bridgehead atoms. The van der Waals surface area contributed by atoms with Gasteiger partial charge in [-0.15, -0.1) is 0 Å². The molecular weight excluding hydrogens is 276 g/mol. The lowest BCUT2D eigenvalue weighted by Crippen LogP contribution is -2.65. The Hall–Kier alpha value is -0.170. The normalized spacial score (nSPS) is 40.1. The van der Waals surface area contributed by atoms with Crippen LogP contribution in [-0.2, 0) is 14.6 Å². The zero-order valence-electron chi connectivity index (χ0n) is 12.9. The lowest BCUT2D eigenvalue weighted by atomic mass is 9.87. The first-order valence-electron chi connectivity index (χ1n) is 7.47. The van der Waals surface area contributed by atoms with E-state index in [1.54, 1.807) is 7.11 Å². The van der Waals surface area contributed by atoms with Crippen molar-refractivity contribution in [1.29, 1.82) is 0 Å². The van der Waals surface area contributed by atoms with Crippen LogP contribution in [0.5, 0.6) is 0 Å². The van der Waals surface area contributed by atoms with E-state index in [-0.39, 0.29) is 10.9 Å². The zero-order valence-corrected chi connectivity index (χ0v) is 13.7. The largest absolute Gasteiger partial charge is 0.377 e. The van der Waals surface area contributed by atoms with Gasteiger partial charge in [-0.2, -0.15) is 0 Å². The Balaban J connectivity index is 2.31. The van der Waals surface area contributed by atoms with Gasteiger partial charge < -0.3 is 10.5 Å². The molecule has 20 heavy (non-hydrogen) atoms. The zero-order chi connectivity index (χ0) is 15.0. The minimum absolute atomic E-state index is 0.189. The second kappa shape index (κ2) is 5.55. The first kappa shape index (κ1) is 16.2. The van der Waals surface area contributed by atoms with Crippen molar-refractivity contribution in [2.45, 2.75) is 55.4 Å². The predicted octanol–water partition coefficient (Wildman–Crippen LogP) is 0.782. The van der Waals surface area contributed by atoms with Crippen molar-refractivity contribution in [1.82, 2.24) is 4.90 Å². The van der Waals surface area contributed by atoms with Crippen LogP contribution >= 0.6 is 0 Å². The van der Waals surface area contributed by atoms with E-state index in [4.69, 9.17) is 10.5 Å². The highest BCUT2D eigenvalue weighted by Crippen LogP contribution is 2.41. The van der Waals surface area contributed by atoms with Gasteiger partial charge in [0.25, 0.3) is 0 Å². The number of hydrogen-bond acceptors (Lipinski definition) is 5. The highest BCUT2D eigenvalue weighted by molar-refractivity contribution is 7.91. The molecule has 2 aliphatic rings. The molecule has 1 aliphatic heterocycles. The second-order valence-corrected chi connectivity index (χ2v) is 8.93. The molecule has 1 saturated carbocycles. The van der Waals surface area contributed by atoms with Crippen LogP contribution in [0.2, 0.25) is 0 Å². The molecule has 0 radical (unpaired) electrons. The Kier molecular flexibility index (Phi) is 4.50. The smallest absolute Gasteiger partial charge is 0.152 e. The highest BCUT2D eigenvalue weighted by Gasteiger charge is 2.52. The third kappa shape index (κ3) is 2.75. The Bertz CT molecular complexity index is 453. The highest BCUT2D eigenvalue weighted by atomic mass is 32.2. The Morgan fingerprint density at radius 3 is 2.60 bits per heavy atom. The van der Waals surface area contributed by atoms with Gasteiger partial charge in [-0.1, -0.05) is 6.42 Å². The lowest BCUT2D eigenvalue weighted by molar-refractivity contribution is -0.0783. The number of likely N-dealkylation sites (tertiary alicyclic amines) is 1. The molecule has 3 atom stereocenters. The van der Waals surface area contributed by atoms with Crippen molar-refractivity contribution < 1.29 is 13.2 Å². The first-order valence-corrected chi connectivity index (χ1v) is 9.42. The standard InChI is InChI=1S/C14H28N2O3S/c1-13(19-2)7-5-9-16(11-13)14(10-15)8-4-6-12(14)20(3,17)18/h12H,4-11,15H2,1-3H3. The molecule has 2 rings (SSSR count). The summed E-state index contributed by atoms with van der Waals surface area (Å²) in [4.78, 5) is 2.30. The molecule has 0 aromatic heterocycles. The minimum Gasteiger partial charge on any atom is -0.377 e. The number of rotatable bonds is 4. The molecule has 2 fully saturated rings. The van der Waals surface area contributed by atoms with Gasteiger partial charge >= 0.3 is 0 Å². The SMILES string of the molecule is COC1(C)CCCN(C2(CN)CCCC2S(C)(=O)=O)C1. The van der Waals surface area contributed by atoms with Crippen LogP contribution in [0, 0.1) is 0 Å². The number of sulfone groups is 1. The first-order chi connectivity index (χ1) is 9.27. The molecule has 1 aliphatic carbocycles. The summed E-state index contributed by atoms with van der Waals surface area (Å²) in [7, 11) is -1.34. The lowest BCUT2D eigenvalue weighted by Gasteiger charge is -2.50. The van der Waals surface area contributed by atoms with Crippen LogP contribution in [0.15, 0.2) is 0 Å². The number of piperidine rings is 1. The Morgan fingerprint density at radius 2 is 2.05 bits per heavy atom. The summed E-state index contributed by atoms with van der Waals surface area (Å²) >= 11 is 0. The summed E-state index contributed by atoms with van der Waals surface area (Å²) in [6, 6.07) is 0. The second-order valence-electron chi connectivity index (χ2n) is 6.70. The molecule has 3 unspecified atom stereocenters. The van der Waals surface area contributed by atoms with Crippen LogP contribution in [0.4, 0.5) is 0 Å². The summed E-state index contributed by atoms with van der Waals surface area (Å²) in [5.74, 6) is 0. The van der Waals surface area contributed by atoms with E-state index in [0.717, 1.165) is 45.2 Å². The van der Waals surface area contributed by atoms with E-state index < -0.39 is 15.4 Å². The van der Waals surface area contributed by atoms with E-state index in [0.29, 0.717) is 6.54 Å². The molecule has 0 aromatic carbocycles. The minimum atomic E-state index is -3.08. The average Bonchev–Trinajstić information content (AvgIpc) is 2.84. The maximum Gasteiger partial charge on any atom is 0.152 e. The molecule has 5 nitrogen and oxygen atoms in total. The van der Waals surface area contributed by atoms with E-state index in [2.05, 4.69) is 11.8 Å². The van der Waals surface area contributed by atoms with Gasteiger partial charge in [-0.05, 0) is 39.2 Å². The summed E-state index contributed by atoms with van der Waals surface area (Å²) in [5, 5.41) is -0.334. The molecule has 2 N–H and O–H groups in total. The predicted molar refractivity (Wildman–Crippen MR) is 80.5 cm³/mol. The summed E-state index contributed by atoms with van der Waals surface area (Å²) in [6.07, 6.45) is 5.95. The fourth-order valence-electron chi connectivity index (χ4n) is 4.11. The number of hydrogen-bond donors (Lipinski definition) is 1. The van der Waals surface area contributed by atoms with E-state index in [1.807, 2.05) is 0 Å². The third-order valence-electron chi connectivity index (χ3n) is 5.33. The Labute approximate surface area is 122 Å². The van der Waals surface area contributed by atoms with Crippen molar-refractivity contribution in [3.8, 4) is 0 Å². The third-order valence-corrected chi connectivity index (χ3v) is 7.04. The number of methoxy groups -OCH3 is 1. The van der Waals surface area contributed by atoms with Crippen molar-refractivity contribution in [3.05, 3.63) is 0 Å². The fourth-order valence-corrected chi connectivity index (χ4v) is 5.87.